The Bertz CT molecular complexity index is 730. The van der Waals surface area contributed by atoms with Gasteiger partial charge in [0.25, 0.3) is 0 Å². The van der Waals surface area contributed by atoms with Crippen LogP contribution in [0, 0.1) is 10.1 Å². The highest BCUT2D eigenvalue weighted by atomic mass is 16.6. The first-order valence-electron chi connectivity index (χ1n) is 7.34. The summed E-state index contributed by atoms with van der Waals surface area (Å²) in [4.78, 5) is 17.4. The third kappa shape index (κ3) is 2.10. The van der Waals surface area contributed by atoms with Gasteiger partial charge in [0.05, 0.1) is 6.04 Å². The Hall–Kier alpha value is -2.53. The van der Waals surface area contributed by atoms with Crippen molar-refractivity contribution in [2.75, 3.05) is 0 Å². The second-order valence-electron chi connectivity index (χ2n) is 5.66. The van der Waals surface area contributed by atoms with Crippen LogP contribution in [0.1, 0.15) is 17.2 Å². The van der Waals surface area contributed by atoms with Gasteiger partial charge < -0.3 is 10.1 Å². The van der Waals surface area contributed by atoms with Gasteiger partial charge in [-0.05, 0) is 16.1 Å². The molecule has 4 unspecified atom stereocenters. The van der Waals surface area contributed by atoms with Crippen LogP contribution in [0.25, 0.3) is 0 Å². The van der Waals surface area contributed by atoms with Crippen LogP contribution in [-0.2, 0) is 6.42 Å². The third-order valence-corrected chi connectivity index (χ3v) is 4.33. The third-order valence-electron chi connectivity index (χ3n) is 4.33. The second kappa shape index (κ2) is 5.03. The summed E-state index contributed by atoms with van der Waals surface area (Å²) in [5.74, 6) is 0.106. The molecule has 0 radical (unpaired) electrons. The van der Waals surface area contributed by atoms with Gasteiger partial charge in [-0.25, -0.2) is 4.90 Å². The number of rotatable bonds is 3. The number of nitro groups is 1. The van der Waals surface area contributed by atoms with Crippen LogP contribution < -0.4 is 0 Å². The predicted molar refractivity (Wildman–Crippen MR) is 83.2 cm³/mol. The van der Waals surface area contributed by atoms with Gasteiger partial charge in [0.15, 0.2) is 0 Å². The highest BCUT2D eigenvalue weighted by molar-refractivity contribution is 5.87. The molecular formula is C17H15N3O2. The fraction of sp³-hybridized carbons (Fsp3) is 0.235. The molecule has 4 atom stereocenters. The first-order chi connectivity index (χ1) is 10.8. The van der Waals surface area contributed by atoms with Crippen molar-refractivity contribution in [3.8, 4) is 0 Å². The molecule has 5 heteroatoms. The zero-order valence-corrected chi connectivity index (χ0v) is 11.9. The standard InChI is InChI=1S/C17H15N3O2/c21-20(22)17-16-15(13-9-5-2-6-10-13)19(16)14(18-17)11-12-7-3-1-4-8-12/h1-10,14-16H,11H2. The Kier molecular flexibility index (Phi) is 3.01. The second-order valence-corrected chi connectivity index (χ2v) is 5.66. The van der Waals surface area contributed by atoms with E-state index in [-0.39, 0.29) is 29.0 Å². The molecule has 1 fully saturated rings. The molecule has 22 heavy (non-hydrogen) atoms. The monoisotopic (exact) mass is 293 g/mol. The number of fused-ring (bicyclic) bond motifs is 1. The first kappa shape index (κ1) is 13.2. The molecule has 2 aliphatic heterocycles. The van der Waals surface area contributed by atoms with E-state index in [0.29, 0.717) is 6.42 Å². The van der Waals surface area contributed by atoms with Crippen LogP contribution in [0.2, 0.25) is 0 Å². The number of hydrogen-bond acceptors (Lipinski definition) is 4. The minimum Gasteiger partial charge on any atom is -0.358 e. The molecule has 0 amide bonds. The van der Waals surface area contributed by atoms with Crippen molar-refractivity contribution in [3.05, 3.63) is 81.9 Å². The Labute approximate surface area is 128 Å². The molecule has 2 aromatic carbocycles. The summed E-state index contributed by atoms with van der Waals surface area (Å²) in [5, 5.41) is 11.3. The van der Waals surface area contributed by atoms with Crippen molar-refractivity contribution >= 4 is 5.84 Å². The SMILES string of the molecule is O=[N+]([O-])C1=NC(Cc2ccccc2)N2C1C2c1ccccc1. The molecule has 5 nitrogen and oxygen atoms in total. The van der Waals surface area contributed by atoms with Gasteiger partial charge in [-0.1, -0.05) is 65.7 Å². The van der Waals surface area contributed by atoms with Crippen molar-refractivity contribution in [2.45, 2.75) is 24.7 Å². The molecule has 2 aliphatic rings. The lowest BCUT2D eigenvalue weighted by Crippen LogP contribution is -2.18. The minimum absolute atomic E-state index is 0.0906. The lowest BCUT2D eigenvalue weighted by Gasteiger charge is -2.09. The van der Waals surface area contributed by atoms with Gasteiger partial charge in [-0.3, -0.25) is 0 Å². The fourth-order valence-electron chi connectivity index (χ4n) is 3.32. The Morgan fingerprint density at radius 1 is 1.00 bits per heavy atom. The quantitative estimate of drug-likeness (QED) is 0.496. The van der Waals surface area contributed by atoms with Gasteiger partial charge in [0.2, 0.25) is 6.17 Å². The molecule has 1 saturated heterocycles. The molecule has 0 N–H and O–H groups in total. The van der Waals surface area contributed by atoms with Crippen molar-refractivity contribution in [1.29, 1.82) is 0 Å². The Morgan fingerprint density at radius 2 is 1.64 bits per heavy atom. The van der Waals surface area contributed by atoms with Gasteiger partial charge in [-0.2, -0.15) is 0 Å². The van der Waals surface area contributed by atoms with Crippen LogP contribution in [-0.4, -0.2) is 27.9 Å². The summed E-state index contributed by atoms with van der Waals surface area (Å²) < 4.78 is 0. The maximum Gasteiger partial charge on any atom is 0.354 e. The van der Waals surface area contributed by atoms with Crippen LogP contribution in [0.5, 0.6) is 0 Å². The van der Waals surface area contributed by atoms with Gasteiger partial charge in [0, 0.05) is 6.42 Å². The molecule has 2 heterocycles. The number of aliphatic imine (C=N–C) groups is 1. The summed E-state index contributed by atoms with van der Waals surface area (Å²) in [7, 11) is 0. The van der Waals surface area contributed by atoms with E-state index in [1.165, 1.54) is 0 Å². The van der Waals surface area contributed by atoms with E-state index in [1.54, 1.807) is 0 Å². The minimum atomic E-state index is -0.328. The van der Waals surface area contributed by atoms with E-state index in [2.05, 4.69) is 9.89 Å². The van der Waals surface area contributed by atoms with E-state index < -0.39 is 0 Å². The van der Waals surface area contributed by atoms with Crippen LogP contribution in [0.4, 0.5) is 0 Å². The molecule has 0 aliphatic carbocycles. The van der Waals surface area contributed by atoms with E-state index in [9.17, 15) is 10.1 Å². The highest BCUT2D eigenvalue weighted by Crippen LogP contribution is 2.50. The van der Waals surface area contributed by atoms with Crippen molar-refractivity contribution < 1.29 is 4.92 Å². The van der Waals surface area contributed by atoms with Crippen molar-refractivity contribution in [1.82, 2.24) is 4.90 Å². The van der Waals surface area contributed by atoms with Crippen molar-refractivity contribution in [2.24, 2.45) is 4.99 Å². The van der Waals surface area contributed by atoms with E-state index in [4.69, 9.17) is 0 Å². The fourth-order valence-corrected chi connectivity index (χ4v) is 3.32. The molecule has 0 spiro atoms. The maximum absolute atomic E-state index is 11.3. The van der Waals surface area contributed by atoms with Gasteiger partial charge in [0.1, 0.15) is 6.04 Å². The summed E-state index contributed by atoms with van der Waals surface area (Å²) >= 11 is 0. The van der Waals surface area contributed by atoms with E-state index in [1.807, 2.05) is 60.7 Å². The summed E-state index contributed by atoms with van der Waals surface area (Å²) in [6.45, 7) is 0. The maximum atomic E-state index is 11.3. The molecule has 2 aromatic rings. The molecule has 4 rings (SSSR count). The van der Waals surface area contributed by atoms with Gasteiger partial charge >= 0.3 is 5.84 Å². The average Bonchev–Trinajstić information content (AvgIpc) is 3.17. The number of hydrogen-bond donors (Lipinski definition) is 0. The summed E-state index contributed by atoms with van der Waals surface area (Å²) in [6, 6.07) is 19.9. The first-order valence-corrected chi connectivity index (χ1v) is 7.34. The van der Waals surface area contributed by atoms with Crippen molar-refractivity contribution in [3.63, 3.8) is 0 Å². The summed E-state index contributed by atoms with van der Waals surface area (Å²) in [6.07, 6.45) is 0.566. The lowest BCUT2D eigenvalue weighted by atomic mass is 10.1. The average molecular weight is 293 g/mol. The summed E-state index contributed by atoms with van der Waals surface area (Å²) in [5.41, 5.74) is 2.28. The van der Waals surface area contributed by atoms with E-state index >= 15 is 0 Å². The predicted octanol–water partition coefficient (Wildman–Crippen LogP) is 2.67. The molecule has 0 saturated carbocycles. The normalized spacial score (nSPS) is 28.8. The lowest BCUT2D eigenvalue weighted by molar-refractivity contribution is -0.352. The van der Waals surface area contributed by atoms with Crippen LogP contribution >= 0.6 is 0 Å². The van der Waals surface area contributed by atoms with Gasteiger partial charge in [-0.15, -0.1) is 0 Å². The van der Waals surface area contributed by atoms with Crippen LogP contribution in [0.3, 0.4) is 0 Å². The smallest absolute Gasteiger partial charge is 0.354 e. The molecular weight excluding hydrogens is 278 g/mol. The molecule has 0 aromatic heterocycles. The highest BCUT2D eigenvalue weighted by Gasteiger charge is 2.65. The number of amidine groups is 1. The van der Waals surface area contributed by atoms with E-state index in [0.717, 1.165) is 11.1 Å². The Balaban J connectivity index is 1.62. The Morgan fingerprint density at radius 3 is 2.27 bits per heavy atom. The largest absolute Gasteiger partial charge is 0.358 e. The molecule has 110 valence electrons. The number of nitrogens with zero attached hydrogens (tertiary/aromatic N) is 3. The molecule has 0 bridgehead atoms. The van der Waals surface area contributed by atoms with Crippen LogP contribution in [0.15, 0.2) is 65.7 Å². The number of benzene rings is 2. The zero-order chi connectivity index (χ0) is 15.1. The topological polar surface area (TPSA) is 58.5 Å². The zero-order valence-electron chi connectivity index (χ0n) is 11.9.